The van der Waals surface area contributed by atoms with E-state index in [0.717, 1.165) is 25.2 Å². The Morgan fingerprint density at radius 2 is 1.73 bits per heavy atom. The Morgan fingerprint density at radius 3 is 1.87 bits per heavy atom. The summed E-state index contributed by atoms with van der Waals surface area (Å²) < 4.78 is 1.15. The van der Waals surface area contributed by atoms with E-state index in [1.807, 2.05) is 27.7 Å². The predicted octanol–water partition coefficient (Wildman–Crippen LogP) is 4.28. The normalized spacial score (nSPS) is 9.67. The van der Waals surface area contributed by atoms with Gasteiger partial charge in [0, 0.05) is 11.1 Å². The average molecular weight is 305 g/mol. The van der Waals surface area contributed by atoms with Crippen molar-refractivity contribution in [1.82, 2.24) is 9.97 Å². The molecule has 0 aliphatic rings. The van der Waals surface area contributed by atoms with E-state index < -0.39 is 0 Å². The largest absolute Gasteiger partial charge is 0.247 e. The first-order valence-corrected chi connectivity index (χ1v) is 6.96. The molecular weight excluding hydrogens is 292 g/mol. The third-order valence-electron chi connectivity index (χ3n) is 1.58. The summed E-state index contributed by atoms with van der Waals surface area (Å²) in [5, 5.41) is 4.32. The molecule has 2 aromatic heterocycles. The summed E-state index contributed by atoms with van der Waals surface area (Å²) in [5.74, 6) is 0. The molecule has 2 aromatic rings. The van der Waals surface area contributed by atoms with Gasteiger partial charge in [0.05, 0.1) is 19.5 Å². The summed E-state index contributed by atoms with van der Waals surface area (Å²) in [4.78, 5) is 8.31. The number of hydrogen-bond donors (Lipinski definition) is 0. The second-order valence-electron chi connectivity index (χ2n) is 3.10. The Balaban J connectivity index is 0.000000151. The smallest absolute Gasteiger partial charge is 0.0928 e. The van der Waals surface area contributed by atoms with Gasteiger partial charge in [-0.1, -0.05) is 0 Å². The first-order chi connectivity index (χ1) is 6.99. The molecule has 2 nitrogen and oxygen atoms in total. The van der Waals surface area contributed by atoms with Crippen LogP contribution in [0.1, 0.15) is 21.4 Å². The number of rotatable bonds is 0. The zero-order chi connectivity index (χ0) is 11.4. The number of aromatic nitrogens is 2. The fraction of sp³-hybridized carbons (Fsp3) is 0.400. The van der Waals surface area contributed by atoms with Crippen molar-refractivity contribution >= 4 is 38.6 Å². The van der Waals surface area contributed by atoms with Gasteiger partial charge < -0.3 is 0 Å². The maximum Gasteiger partial charge on any atom is 0.0928 e. The van der Waals surface area contributed by atoms with E-state index in [1.165, 1.54) is 0 Å². The third kappa shape index (κ3) is 4.40. The Bertz CT molecular complexity index is 398. The lowest BCUT2D eigenvalue weighted by atomic mass is 10.6. The van der Waals surface area contributed by atoms with Crippen molar-refractivity contribution < 1.29 is 0 Å². The van der Waals surface area contributed by atoms with Gasteiger partial charge in [-0.05, 0) is 43.6 Å². The van der Waals surface area contributed by atoms with Crippen LogP contribution in [0.3, 0.4) is 0 Å². The van der Waals surface area contributed by atoms with Gasteiger partial charge in [-0.2, -0.15) is 0 Å². The molecule has 2 rings (SSSR count). The molecule has 0 aromatic carbocycles. The van der Waals surface area contributed by atoms with E-state index in [1.54, 1.807) is 22.7 Å². The second kappa shape index (κ2) is 5.72. The lowest BCUT2D eigenvalue weighted by Crippen LogP contribution is -1.68. The van der Waals surface area contributed by atoms with Gasteiger partial charge in [0.25, 0.3) is 0 Å². The van der Waals surface area contributed by atoms with E-state index in [4.69, 9.17) is 0 Å². The lowest BCUT2D eigenvalue weighted by molar-refractivity contribution is 1.19. The van der Waals surface area contributed by atoms with E-state index in [-0.39, 0.29) is 0 Å². The first kappa shape index (κ1) is 12.8. The van der Waals surface area contributed by atoms with Crippen LogP contribution in [0, 0.1) is 27.7 Å². The highest BCUT2D eigenvalue weighted by molar-refractivity contribution is 9.11. The highest BCUT2D eigenvalue weighted by Crippen LogP contribution is 2.22. The van der Waals surface area contributed by atoms with E-state index in [2.05, 4.69) is 31.3 Å². The van der Waals surface area contributed by atoms with Gasteiger partial charge in [0.1, 0.15) is 0 Å². The maximum absolute atomic E-state index is 4.18. The topological polar surface area (TPSA) is 25.8 Å². The Hall–Kier alpha value is -0.260. The van der Waals surface area contributed by atoms with E-state index in [9.17, 15) is 0 Å². The van der Waals surface area contributed by atoms with Crippen LogP contribution in [-0.2, 0) is 0 Å². The molecule has 0 spiro atoms. The van der Waals surface area contributed by atoms with Crippen molar-refractivity contribution in [3.63, 3.8) is 0 Å². The minimum atomic E-state index is 1.09. The second-order valence-corrected chi connectivity index (χ2v) is 6.68. The molecule has 0 bridgehead atoms. The van der Waals surface area contributed by atoms with Crippen molar-refractivity contribution in [3.8, 4) is 0 Å². The van der Waals surface area contributed by atoms with Crippen molar-refractivity contribution in [2.45, 2.75) is 27.7 Å². The van der Waals surface area contributed by atoms with Crippen molar-refractivity contribution in [1.29, 1.82) is 0 Å². The molecule has 0 saturated carbocycles. The molecule has 15 heavy (non-hydrogen) atoms. The number of hydrogen-bond acceptors (Lipinski definition) is 4. The number of thiazole rings is 2. The van der Waals surface area contributed by atoms with Gasteiger partial charge in [-0.3, -0.25) is 0 Å². The quantitative estimate of drug-likeness (QED) is 0.726. The Labute approximate surface area is 107 Å². The molecule has 2 heterocycles. The monoisotopic (exact) mass is 304 g/mol. The fourth-order valence-electron chi connectivity index (χ4n) is 0.978. The molecule has 0 atom stereocenters. The zero-order valence-electron chi connectivity index (χ0n) is 9.17. The van der Waals surface area contributed by atoms with Crippen molar-refractivity contribution in [2.24, 2.45) is 0 Å². The number of halogens is 1. The van der Waals surface area contributed by atoms with Crippen LogP contribution in [0.4, 0.5) is 0 Å². The highest BCUT2D eigenvalue weighted by atomic mass is 79.9. The minimum absolute atomic E-state index is 1.09. The Kier molecular flexibility index (Phi) is 4.89. The molecule has 0 amide bonds. The van der Waals surface area contributed by atoms with Gasteiger partial charge in [-0.25, -0.2) is 9.97 Å². The summed E-state index contributed by atoms with van der Waals surface area (Å²) in [7, 11) is 0. The first-order valence-electron chi connectivity index (χ1n) is 4.47. The van der Waals surface area contributed by atoms with Crippen LogP contribution < -0.4 is 0 Å². The molecule has 0 radical (unpaired) electrons. The molecule has 0 aliphatic carbocycles. The molecule has 0 aliphatic heterocycles. The van der Waals surface area contributed by atoms with E-state index >= 15 is 0 Å². The van der Waals surface area contributed by atoms with Gasteiger partial charge >= 0.3 is 0 Å². The SMILES string of the molecule is Cc1csc(C)n1.Cc1nc(C)c(Br)s1. The van der Waals surface area contributed by atoms with E-state index in [0.29, 0.717) is 0 Å². The van der Waals surface area contributed by atoms with Gasteiger partial charge in [0.2, 0.25) is 0 Å². The average Bonchev–Trinajstić information content (AvgIpc) is 2.61. The number of aryl methyl sites for hydroxylation is 4. The van der Waals surface area contributed by atoms with Crippen LogP contribution in [0.2, 0.25) is 0 Å². The lowest BCUT2D eigenvalue weighted by Gasteiger charge is -1.75. The summed E-state index contributed by atoms with van der Waals surface area (Å²) in [5.41, 5.74) is 2.22. The van der Waals surface area contributed by atoms with Crippen LogP contribution in [0.25, 0.3) is 0 Å². The Morgan fingerprint density at radius 1 is 1.07 bits per heavy atom. The standard InChI is InChI=1S/C5H6BrNS.C5H7NS/c1-3-5(6)8-4(2)7-3;1-4-3-7-5(2)6-4/h1-2H3;3H,1-2H3. The summed E-state index contributed by atoms with van der Waals surface area (Å²) >= 11 is 6.74. The van der Waals surface area contributed by atoms with Crippen LogP contribution in [-0.4, -0.2) is 9.97 Å². The van der Waals surface area contributed by atoms with Gasteiger partial charge in [-0.15, -0.1) is 22.7 Å². The zero-order valence-corrected chi connectivity index (χ0v) is 12.4. The summed E-state index contributed by atoms with van der Waals surface area (Å²) in [6, 6.07) is 0. The maximum atomic E-state index is 4.18. The third-order valence-corrected chi connectivity index (χ3v) is 4.39. The molecule has 82 valence electrons. The fourth-order valence-corrected chi connectivity index (χ4v) is 3.00. The molecular formula is C10H13BrN2S2. The molecule has 0 fully saturated rings. The summed E-state index contributed by atoms with van der Waals surface area (Å²) in [6.07, 6.45) is 0. The van der Waals surface area contributed by atoms with Crippen LogP contribution >= 0.6 is 38.6 Å². The summed E-state index contributed by atoms with van der Waals surface area (Å²) in [6.45, 7) is 8.01. The highest BCUT2D eigenvalue weighted by Gasteiger charge is 1.97. The van der Waals surface area contributed by atoms with Crippen molar-refractivity contribution in [2.75, 3.05) is 0 Å². The van der Waals surface area contributed by atoms with Gasteiger partial charge in [0.15, 0.2) is 0 Å². The van der Waals surface area contributed by atoms with Crippen LogP contribution in [0.5, 0.6) is 0 Å². The van der Waals surface area contributed by atoms with Crippen molar-refractivity contribution in [3.05, 3.63) is 30.6 Å². The molecule has 0 unspecified atom stereocenters. The minimum Gasteiger partial charge on any atom is -0.247 e. The molecule has 5 heteroatoms. The van der Waals surface area contributed by atoms with Crippen LogP contribution in [0.15, 0.2) is 9.17 Å². The molecule has 0 N–H and O–H groups in total. The predicted molar refractivity (Wildman–Crippen MR) is 70.9 cm³/mol. The number of nitrogens with zero attached hydrogens (tertiary/aromatic N) is 2. The molecule has 0 saturated heterocycles.